The molecule has 0 atom stereocenters. The van der Waals surface area contributed by atoms with Gasteiger partial charge in [0.05, 0.1) is 32.5 Å². The number of thioether (sulfide) groups is 1. The van der Waals surface area contributed by atoms with Crippen molar-refractivity contribution in [2.24, 2.45) is 10.2 Å². The molecule has 2 rings (SSSR count). The van der Waals surface area contributed by atoms with Crippen LogP contribution in [0, 0.1) is 0 Å². The number of halogens is 4. The molecule has 2 N–H and O–H groups in total. The molecule has 0 unspecified atom stereocenters. The van der Waals surface area contributed by atoms with Crippen LogP contribution in [-0.4, -0.2) is 35.7 Å². The zero-order valence-electron chi connectivity index (χ0n) is 16.1. The van der Waals surface area contributed by atoms with Gasteiger partial charge in [-0.3, -0.25) is 9.59 Å². The van der Waals surface area contributed by atoms with Crippen molar-refractivity contribution in [2.75, 3.05) is 11.5 Å². The maximum atomic E-state index is 11.8. The lowest BCUT2D eigenvalue weighted by Gasteiger charge is -2.02. The Labute approximate surface area is 204 Å². The van der Waals surface area contributed by atoms with Crippen LogP contribution in [0.1, 0.15) is 24.0 Å². The molecule has 0 radical (unpaired) electrons. The number of nitrogens with one attached hydrogen (secondary N) is 2. The van der Waals surface area contributed by atoms with Crippen molar-refractivity contribution in [2.45, 2.75) is 12.8 Å². The summed E-state index contributed by atoms with van der Waals surface area (Å²) in [5.41, 5.74) is 6.32. The molecule has 11 heteroatoms. The summed E-state index contributed by atoms with van der Waals surface area (Å²) in [6.45, 7) is 0. The minimum Gasteiger partial charge on any atom is -0.273 e. The predicted molar refractivity (Wildman–Crippen MR) is 131 cm³/mol. The number of nitrogens with zero attached hydrogens (tertiary/aromatic N) is 2. The van der Waals surface area contributed by atoms with Gasteiger partial charge in [0.25, 0.3) is 0 Å². The first-order valence-corrected chi connectivity index (χ1v) is 11.6. The largest absolute Gasteiger partial charge is 0.273 e. The number of carbonyl (C=O) groups is 2. The van der Waals surface area contributed by atoms with Gasteiger partial charge in [-0.15, -0.1) is 0 Å². The Morgan fingerprint density at radius 1 is 0.742 bits per heavy atom. The van der Waals surface area contributed by atoms with E-state index >= 15 is 0 Å². The monoisotopic (exact) mass is 518 g/mol. The van der Waals surface area contributed by atoms with Crippen molar-refractivity contribution in [3.63, 3.8) is 0 Å². The van der Waals surface area contributed by atoms with E-state index in [2.05, 4.69) is 21.1 Å². The molecule has 31 heavy (non-hydrogen) atoms. The number of hydrogen-bond donors (Lipinski definition) is 2. The van der Waals surface area contributed by atoms with Gasteiger partial charge in [0.15, 0.2) is 0 Å². The first-order chi connectivity index (χ1) is 14.8. The molecule has 164 valence electrons. The standard InChI is InChI=1S/C20H18Cl4N4O2S/c21-15-3-1-13(9-17(15)23)11-25-27-19(29)5-7-31-8-6-20(30)28-26-12-14-2-4-16(22)18(24)10-14/h1-4,9-12H,5-8H2,(H,27,29)(H,28,30)/b25-11-,26-12+. The number of hydrazone groups is 2. The van der Waals surface area contributed by atoms with E-state index in [-0.39, 0.29) is 24.7 Å². The van der Waals surface area contributed by atoms with E-state index in [9.17, 15) is 9.59 Å². The highest BCUT2D eigenvalue weighted by atomic mass is 35.5. The molecular weight excluding hydrogens is 502 g/mol. The molecule has 0 aliphatic carbocycles. The highest BCUT2D eigenvalue weighted by Gasteiger charge is 2.03. The molecule has 2 aromatic carbocycles. The molecule has 0 aromatic heterocycles. The maximum Gasteiger partial charge on any atom is 0.240 e. The molecule has 0 bridgehead atoms. The van der Waals surface area contributed by atoms with E-state index in [1.165, 1.54) is 24.2 Å². The molecule has 2 aromatic rings. The highest BCUT2D eigenvalue weighted by molar-refractivity contribution is 7.99. The second kappa shape index (κ2) is 13.6. The third-order valence-electron chi connectivity index (χ3n) is 3.64. The van der Waals surface area contributed by atoms with Gasteiger partial charge < -0.3 is 0 Å². The van der Waals surface area contributed by atoms with Crippen LogP contribution in [0.25, 0.3) is 0 Å². The third-order valence-corrected chi connectivity index (χ3v) is 6.10. The summed E-state index contributed by atoms with van der Waals surface area (Å²) in [6.07, 6.45) is 3.52. The summed E-state index contributed by atoms with van der Waals surface area (Å²) in [5.74, 6) is 0.681. The quantitative estimate of drug-likeness (QED) is 0.250. The van der Waals surface area contributed by atoms with Crippen molar-refractivity contribution in [1.29, 1.82) is 0 Å². The van der Waals surface area contributed by atoms with Gasteiger partial charge in [-0.05, 0) is 35.4 Å². The summed E-state index contributed by atoms with van der Waals surface area (Å²) in [4.78, 5) is 23.5. The topological polar surface area (TPSA) is 82.9 Å². The Morgan fingerprint density at radius 3 is 1.55 bits per heavy atom. The molecule has 0 aliphatic rings. The fourth-order valence-corrected chi connectivity index (χ4v) is 3.56. The van der Waals surface area contributed by atoms with Crippen molar-refractivity contribution in [3.05, 3.63) is 67.6 Å². The SMILES string of the molecule is O=C(CCSCCC(=O)N/N=C/c1ccc(Cl)c(Cl)c1)N/N=C\c1ccc(Cl)c(Cl)c1. The van der Waals surface area contributed by atoms with Crippen molar-refractivity contribution < 1.29 is 9.59 Å². The lowest BCUT2D eigenvalue weighted by molar-refractivity contribution is -0.121. The smallest absolute Gasteiger partial charge is 0.240 e. The van der Waals surface area contributed by atoms with Crippen LogP contribution in [0.3, 0.4) is 0 Å². The van der Waals surface area contributed by atoms with Crippen molar-refractivity contribution in [3.8, 4) is 0 Å². The van der Waals surface area contributed by atoms with Crippen LogP contribution < -0.4 is 10.9 Å². The van der Waals surface area contributed by atoms with Crippen molar-refractivity contribution in [1.82, 2.24) is 10.9 Å². The van der Waals surface area contributed by atoms with Gasteiger partial charge in [-0.1, -0.05) is 58.5 Å². The Balaban J connectivity index is 1.57. The molecule has 0 spiro atoms. The van der Waals surface area contributed by atoms with Crippen LogP contribution in [-0.2, 0) is 9.59 Å². The average molecular weight is 520 g/mol. The maximum absolute atomic E-state index is 11.8. The first-order valence-electron chi connectivity index (χ1n) is 8.97. The Morgan fingerprint density at radius 2 is 1.16 bits per heavy atom. The summed E-state index contributed by atoms with van der Waals surface area (Å²) in [7, 11) is 0. The van der Waals surface area contributed by atoms with Gasteiger partial charge >= 0.3 is 0 Å². The van der Waals surface area contributed by atoms with Gasteiger partial charge in [-0.2, -0.15) is 22.0 Å². The minimum atomic E-state index is -0.223. The number of rotatable bonds is 10. The number of amides is 2. The number of carbonyl (C=O) groups excluding carboxylic acids is 2. The summed E-state index contributed by atoms with van der Waals surface area (Å²) < 4.78 is 0. The minimum absolute atomic E-state index is 0.223. The highest BCUT2D eigenvalue weighted by Crippen LogP contribution is 2.22. The summed E-state index contributed by atoms with van der Waals surface area (Å²) in [5, 5.41) is 9.48. The first kappa shape index (κ1) is 25.5. The number of hydrogen-bond acceptors (Lipinski definition) is 5. The van der Waals surface area contributed by atoms with Crippen molar-refractivity contribution >= 4 is 82.4 Å². The molecule has 0 aliphatic heterocycles. The van der Waals surface area contributed by atoms with Crippen LogP contribution in [0.4, 0.5) is 0 Å². The van der Waals surface area contributed by atoms with Crippen LogP contribution in [0.2, 0.25) is 20.1 Å². The zero-order valence-corrected chi connectivity index (χ0v) is 19.9. The molecule has 0 fully saturated rings. The third kappa shape index (κ3) is 9.93. The summed E-state index contributed by atoms with van der Waals surface area (Å²) in [6, 6.07) is 10.1. The van der Waals surface area contributed by atoms with E-state index < -0.39 is 0 Å². The van der Waals surface area contributed by atoms with E-state index in [1.807, 2.05) is 0 Å². The molecule has 6 nitrogen and oxygen atoms in total. The lowest BCUT2D eigenvalue weighted by atomic mass is 10.2. The Hall–Kier alpha value is -1.77. The Kier molecular flexibility index (Phi) is 11.2. The second-order valence-corrected chi connectivity index (χ2v) is 8.90. The van der Waals surface area contributed by atoms with Crippen LogP contribution >= 0.6 is 58.2 Å². The van der Waals surface area contributed by atoms with Gasteiger partial charge in [0.1, 0.15) is 0 Å². The molecule has 2 amide bonds. The van der Waals surface area contributed by atoms with E-state index in [4.69, 9.17) is 46.4 Å². The molecular formula is C20H18Cl4N4O2S. The zero-order chi connectivity index (χ0) is 22.6. The molecule has 0 saturated heterocycles. The normalized spacial score (nSPS) is 11.2. The Bertz CT molecular complexity index is 908. The lowest BCUT2D eigenvalue weighted by Crippen LogP contribution is -2.19. The summed E-state index contributed by atoms with van der Waals surface area (Å²) >= 11 is 25.0. The fraction of sp³-hybridized carbons (Fsp3) is 0.200. The van der Waals surface area contributed by atoms with Gasteiger partial charge in [-0.25, -0.2) is 10.9 Å². The number of benzene rings is 2. The van der Waals surface area contributed by atoms with Crippen LogP contribution in [0.5, 0.6) is 0 Å². The molecule has 0 saturated carbocycles. The van der Waals surface area contributed by atoms with E-state index in [1.54, 1.807) is 36.4 Å². The molecule has 0 heterocycles. The predicted octanol–water partition coefficient (Wildman–Crippen LogP) is 5.41. The van der Waals surface area contributed by atoms with Gasteiger partial charge in [0.2, 0.25) is 11.8 Å². The van der Waals surface area contributed by atoms with Gasteiger partial charge in [0, 0.05) is 24.3 Å². The van der Waals surface area contributed by atoms with E-state index in [0.29, 0.717) is 31.6 Å². The average Bonchev–Trinajstić information content (AvgIpc) is 2.73. The van der Waals surface area contributed by atoms with Crippen LogP contribution in [0.15, 0.2) is 46.6 Å². The second-order valence-electron chi connectivity index (χ2n) is 6.05. The van der Waals surface area contributed by atoms with E-state index in [0.717, 1.165) is 11.1 Å². The fourth-order valence-electron chi connectivity index (χ4n) is 2.09.